The summed E-state index contributed by atoms with van der Waals surface area (Å²) < 4.78 is 0. The predicted molar refractivity (Wildman–Crippen MR) is 81.4 cm³/mol. The zero-order valence-corrected chi connectivity index (χ0v) is 11.3. The fraction of sp³-hybridized carbons (Fsp3) is 0.167. The van der Waals surface area contributed by atoms with Crippen LogP contribution in [-0.4, -0.2) is 11.1 Å². The van der Waals surface area contributed by atoms with Crippen molar-refractivity contribution in [1.29, 1.82) is 0 Å². The van der Waals surface area contributed by atoms with Crippen molar-refractivity contribution in [3.8, 4) is 0 Å². The molecule has 2 aromatic carbocycles. The maximum Gasteiger partial charge on any atom is 0.307 e. The normalized spacial score (nSPS) is 12.4. The van der Waals surface area contributed by atoms with Crippen molar-refractivity contribution in [1.82, 2.24) is 0 Å². The van der Waals surface area contributed by atoms with E-state index in [2.05, 4.69) is 0 Å². The lowest BCUT2D eigenvalue weighted by molar-refractivity contribution is -0.141. The lowest BCUT2D eigenvalue weighted by Crippen LogP contribution is -2.15. The van der Waals surface area contributed by atoms with Crippen molar-refractivity contribution in [3.05, 3.63) is 77.9 Å². The van der Waals surface area contributed by atoms with Gasteiger partial charge in [0, 0.05) is 0 Å². The van der Waals surface area contributed by atoms with Crippen LogP contribution >= 0.6 is 0 Å². The number of carboxylic acids is 1. The van der Waals surface area contributed by atoms with Gasteiger partial charge in [-0.2, -0.15) is 0 Å². The molecule has 0 fully saturated rings. The van der Waals surface area contributed by atoms with Crippen LogP contribution in [0.25, 0.3) is 6.08 Å². The molecule has 0 spiro atoms. The second-order valence-corrected chi connectivity index (χ2v) is 4.77. The van der Waals surface area contributed by atoms with Crippen molar-refractivity contribution >= 4 is 12.0 Å². The van der Waals surface area contributed by atoms with Crippen LogP contribution in [0.15, 0.2) is 66.7 Å². The number of carbonyl (C=O) groups is 1. The van der Waals surface area contributed by atoms with Gasteiger partial charge in [0.25, 0.3) is 0 Å². The van der Waals surface area contributed by atoms with E-state index in [0.29, 0.717) is 12.8 Å². The summed E-state index contributed by atoms with van der Waals surface area (Å²) in [6, 6.07) is 19.7. The molecule has 0 aliphatic rings. The number of carboxylic acid groups (broad SMARTS) is 1. The fourth-order valence-electron chi connectivity index (χ4n) is 2.10. The van der Waals surface area contributed by atoms with E-state index in [1.54, 1.807) is 0 Å². The zero-order chi connectivity index (χ0) is 14.2. The molecule has 0 bridgehead atoms. The van der Waals surface area contributed by atoms with Crippen molar-refractivity contribution in [2.24, 2.45) is 5.92 Å². The molecule has 2 rings (SSSR count). The number of aliphatic carboxylic acids is 1. The van der Waals surface area contributed by atoms with Gasteiger partial charge in [-0.3, -0.25) is 4.79 Å². The van der Waals surface area contributed by atoms with Gasteiger partial charge in [-0.25, -0.2) is 0 Å². The number of hydrogen-bond donors (Lipinski definition) is 1. The Morgan fingerprint density at radius 1 is 1.00 bits per heavy atom. The summed E-state index contributed by atoms with van der Waals surface area (Å²) in [6.07, 6.45) is 5.02. The van der Waals surface area contributed by atoms with Crippen LogP contribution in [0, 0.1) is 5.92 Å². The molecule has 0 unspecified atom stereocenters. The van der Waals surface area contributed by atoms with Crippen LogP contribution in [0.4, 0.5) is 0 Å². The van der Waals surface area contributed by atoms with Gasteiger partial charge in [0.1, 0.15) is 0 Å². The molecule has 0 saturated heterocycles. The molecule has 2 aromatic rings. The molecule has 102 valence electrons. The highest BCUT2D eigenvalue weighted by Crippen LogP contribution is 2.14. The second kappa shape index (κ2) is 7.29. The molecule has 0 heterocycles. The van der Waals surface area contributed by atoms with Crippen molar-refractivity contribution < 1.29 is 9.90 Å². The first kappa shape index (κ1) is 14.1. The topological polar surface area (TPSA) is 37.3 Å². The van der Waals surface area contributed by atoms with Gasteiger partial charge >= 0.3 is 5.97 Å². The minimum absolute atomic E-state index is 0.377. The average Bonchev–Trinajstić information content (AvgIpc) is 2.48. The third-order valence-corrected chi connectivity index (χ3v) is 3.20. The SMILES string of the molecule is O=C(O)[C@H](C/C=C/c1ccccc1)Cc1ccccc1. The van der Waals surface area contributed by atoms with E-state index >= 15 is 0 Å². The standard InChI is InChI=1S/C18H18O2/c19-18(20)17(14-16-10-5-2-6-11-16)13-7-12-15-8-3-1-4-9-15/h1-12,17H,13-14H2,(H,19,20)/b12-7+/t17-/m1/s1. The number of hydrogen-bond acceptors (Lipinski definition) is 1. The van der Waals surface area contributed by atoms with E-state index in [1.165, 1.54) is 0 Å². The summed E-state index contributed by atoms with van der Waals surface area (Å²) in [5, 5.41) is 9.30. The number of rotatable bonds is 6. The molecule has 0 aliphatic carbocycles. The first-order valence-corrected chi connectivity index (χ1v) is 6.74. The summed E-state index contributed by atoms with van der Waals surface area (Å²) in [7, 11) is 0. The maximum absolute atomic E-state index is 11.3. The van der Waals surface area contributed by atoms with E-state index in [0.717, 1.165) is 11.1 Å². The summed E-state index contributed by atoms with van der Waals surface area (Å²) >= 11 is 0. The van der Waals surface area contributed by atoms with Crippen molar-refractivity contribution in [3.63, 3.8) is 0 Å². The third kappa shape index (κ3) is 4.39. The Bertz CT molecular complexity index is 558. The second-order valence-electron chi connectivity index (χ2n) is 4.77. The molecule has 20 heavy (non-hydrogen) atoms. The number of benzene rings is 2. The van der Waals surface area contributed by atoms with Crippen molar-refractivity contribution in [2.75, 3.05) is 0 Å². The minimum atomic E-state index is -0.744. The third-order valence-electron chi connectivity index (χ3n) is 3.20. The maximum atomic E-state index is 11.3. The van der Waals surface area contributed by atoms with Gasteiger partial charge in [0.2, 0.25) is 0 Å². The average molecular weight is 266 g/mol. The van der Waals surface area contributed by atoms with Gasteiger partial charge < -0.3 is 5.11 Å². The van der Waals surface area contributed by atoms with Crippen LogP contribution in [0.3, 0.4) is 0 Å². The summed E-state index contributed by atoms with van der Waals surface area (Å²) in [5.74, 6) is -1.12. The van der Waals surface area contributed by atoms with E-state index in [1.807, 2.05) is 72.8 Å². The van der Waals surface area contributed by atoms with E-state index in [-0.39, 0.29) is 5.92 Å². The molecule has 0 aromatic heterocycles. The largest absolute Gasteiger partial charge is 0.481 e. The van der Waals surface area contributed by atoms with Gasteiger partial charge in [0.05, 0.1) is 5.92 Å². The van der Waals surface area contributed by atoms with Gasteiger partial charge in [0.15, 0.2) is 0 Å². The van der Waals surface area contributed by atoms with Crippen LogP contribution in [0.5, 0.6) is 0 Å². The summed E-state index contributed by atoms with van der Waals surface area (Å²) in [6.45, 7) is 0. The number of allylic oxidation sites excluding steroid dienone is 1. The highest BCUT2D eigenvalue weighted by atomic mass is 16.4. The van der Waals surface area contributed by atoms with Crippen LogP contribution in [0.1, 0.15) is 17.5 Å². The van der Waals surface area contributed by atoms with Gasteiger partial charge in [-0.15, -0.1) is 0 Å². The highest BCUT2D eigenvalue weighted by molar-refractivity contribution is 5.71. The van der Waals surface area contributed by atoms with Gasteiger partial charge in [-0.1, -0.05) is 72.8 Å². The van der Waals surface area contributed by atoms with E-state index in [4.69, 9.17) is 0 Å². The molecular weight excluding hydrogens is 248 g/mol. The van der Waals surface area contributed by atoms with Crippen LogP contribution < -0.4 is 0 Å². The molecular formula is C18H18O2. The Morgan fingerprint density at radius 3 is 2.20 bits per heavy atom. The molecule has 2 heteroatoms. The van der Waals surface area contributed by atoms with E-state index in [9.17, 15) is 9.90 Å². The van der Waals surface area contributed by atoms with Gasteiger partial charge in [-0.05, 0) is 24.0 Å². The monoisotopic (exact) mass is 266 g/mol. The van der Waals surface area contributed by atoms with Crippen LogP contribution in [-0.2, 0) is 11.2 Å². The Kier molecular flexibility index (Phi) is 5.13. The summed E-state index contributed by atoms with van der Waals surface area (Å²) in [4.78, 5) is 11.3. The molecule has 0 amide bonds. The lowest BCUT2D eigenvalue weighted by atomic mass is 9.96. The fourth-order valence-corrected chi connectivity index (χ4v) is 2.10. The quantitative estimate of drug-likeness (QED) is 0.857. The Balaban J connectivity index is 1.96. The molecule has 0 radical (unpaired) electrons. The summed E-state index contributed by atoms with van der Waals surface area (Å²) in [5.41, 5.74) is 2.16. The Labute approximate surface area is 119 Å². The highest BCUT2D eigenvalue weighted by Gasteiger charge is 2.16. The molecule has 1 atom stereocenters. The first-order chi connectivity index (χ1) is 9.75. The Morgan fingerprint density at radius 2 is 1.60 bits per heavy atom. The minimum Gasteiger partial charge on any atom is -0.481 e. The molecule has 0 aliphatic heterocycles. The molecule has 0 saturated carbocycles. The Hall–Kier alpha value is -2.35. The lowest BCUT2D eigenvalue weighted by Gasteiger charge is -2.09. The van der Waals surface area contributed by atoms with Crippen LogP contribution in [0.2, 0.25) is 0 Å². The van der Waals surface area contributed by atoms with E-state index < -0.39 is 5.97 Å². The van der Waals surface area contributed by atoms with Crippen molar-refractivity contribution in [2.45, 2.75) is 12.8 Å². The zero-order valence-electron chi connectivity index (χ0n) is 11.3. The smallest absolute Gasteiger partial charge is 0.307 e. The molecule has 1 N–H and O–H groups in total. The first-order valence-electron chi connectivity index (χ1n) is 6.74. The predicted octanol–water partition coefficient (Wildman–Crippen LogP) is 4.03. The molecule has 2 nitrogen and oxygen atoms in total.